The Kier molecular flexibility index (Phi) is 3.41. The lowest BCUT2D eigenvalue weighted by atomic mass is 10.1. The first-order valence-corrected chi connectivity index (χ1v) is 5.66. The van der Waals surface area contributed by atoms with Crippen LogP contribution in [0.4, 0.5) is 0 Å². The van der Waals surface area contributed by atoms with E-state index in [2.05, 4.69) is 22.9 Å². The molecule has 88 valence electrons. The highest BCUT2D eigenvalue weighted by Crippen LogP contribution is 2.17. The van der Waals surface area contributed by atoms with Gasteiger partial charge in [-0.15, -0.1) is 0 Å². The maximum Gasteiger partial charge on any atom is 0.212 e. The van der Waals surface area contributed by atoms with Crippen LogP contribution in [0.1, 0.15) is 12.5 Å². The summed E-state index contributed by atoms with van der Waals surface area (Å²) in [6.45, 7) is 5.19. The molecule has 1 saturated heterocycles. The lowest BCUT2D eigenvalue weighted by Gasteiger charge is -2.14. The van der Waals surface area contributed by atoms with Crippen molar-refractivity contribution < 1.29 is 4.74 Å². The molecule has 2 N–H and O–H groups in total. The lowest BCUT2D eigenvalue weighted by molar-refractivity contribution is 0.318. The molecule has 1 fully saturated rings. The molecule has 0 bridgehead atoms. The van der Waals surface area contributed by atoms with Gasteiger partial charge in [0.15, 0.2) is 0 Å². The third-order valence-corrected chi connectivity index (χ3v) is 3.16. The van der Waals surface area contributed by atoms with Crippen molar-refractivity contribution in [3.05, 3.63) is 23.9 Å². The molecule has 1 aliphatic heterocycles. The van der Waals surface area contributed by atoms with Gasteiger partial charge in [-0.05, 0) is 11.5 Å². The first-order valence-electron chi connectivity index (χ1n) is 5.66. The van der Waals surface area contributed by atoms with Crippen LogP contribution in [0.2, 0.25) is 0 Å². The number of hydrogen-bond donors (Lipinski definition) is 1. The topological polar surface area (TPSA) is 51.4 Å². The molecular weight excluding hydrogens is 202 g/mol. The number of rotatable bonds is 3. The summed E-state index contributed by atoms with van der Waals surface area (Å²) >= 11 is 0. The summed E-state index contributed by atoms with van der Waals surface area (Å²) < 4.78 is 5.03. The fourth-order valence-electron chi connectivity index (χ4n) is 2.11. The van der Waals surface area contributed by atoms with Gasteiger partial charge >= 0.3 is 0 Å². The molecule has 1 aliphatic rings. The molecule has 2 unspecified atom stereocenters. The molecular formula is C12H19N3O. The van der Waals surface area contributed by atoms with Crippen LogP contribution in [-0.2, 0) is 6.54 Å². The van der Waals surface area contributed by atoms with Gasteiger partial charge < -0.3 is 10.5 Å². The molecule has 2 heterocycles. The number of nitrogens with zero attached hydrogens (tertiary/aromatic N) is 2. The van der Waals surface area contributed by atoms with Crippen molar-refractivity contribution in [2.24, 2.45) is 11.7 Å². The molecule has 4 heteroatoms. The summed E-state index contributed by atoms with van der Waals surface area (Å²) in [6, 6.07) is 4.26. The largest absolute Gasteiger partial charge is 0.481 e. The minimum Gasteiger partial charge on any atom is -0.481 e. The highest BCUT2D eigenvalue weighted by atomic mass is 16.5. The Morgan fingerprint density at radius 2 is 2.31 bits per heavy atom. The van der Waals surface area contributed by atoms with Crippen LogP contribution in [0.15, 0.2) is 18.3 Å². The highest BCUT2D eigenvalue weighted by Gasteiger charge is 2.26. The Hall–Kier alpha value is -1.13. The zero-order valence-electron chi connectivity index (χ0n) is 9.89. The molecule has 0 saturated carbocycles. The maximum atomic E-state index is 5.99. The minimum atomic E-state index is 0.311. The molecule has 2 rings (SSSR count). The second kappa shape index (κ2) is 4.80. The average molecular weight is 221 g/mol. The van der Waals surface area contributed by atoms with E-state index in [1.54, 1.807) is 7.11 Å². The smallest absolute Gasteiger partial charge is 0.212 e. The van der Waals surface area contributed by atoms with Crippen molar-refractivity contribution in [2.75, 3.05) is 20.2 Å². The van der Waals surface area contributed by atoms with E-state index in [4.69, 9.17) is 10.5 Å². The Labute approximate surface area is 96.4 Å². The molecule has 1 aromatic rings. The quantitative estimate of drug-likeness (QED) is 0.823. The summed E-state index contributed by atoms with van der Waals surface area (Å²) in [7, 11) is 1.63. The van der Waals surface area contributed by atoms with Gasteiger partial charge in [0.2, 0.25) is 5.88 Å². The van der Waals surface area contributed by atoms with Crippen molar-refractivity contribution >= 4 is 0 Å². The summed E-state index contributed by atoms with van der Waals surface area (Å²) in [5, 5.41) is 0. The summed E-state index contributed by atoms with van der Waals surface area (Å²) in [5.74, 6) is 1.25. The predicted molar refractivity (Wildman–Crippen MR) is 63.2 cm³/mol. The predicted octanol–water partition coefficient (Wildman–Crippen LogP) is 0.869. The van der Waals surface area contributed by atoms with Crippen molar-refractivity contribution in [3.63, 3.8) is 0 Å². The highest BCUT2D eigenvalue weighted by molar-refractivity contribution is 5.17. The lowest BCUT2D eigenvalue weighted by Crippen LogP contribution is -2.28. The Morgan fingerprint density at radius 3 is 2.81 bits per heavy atom. The van der Waals surface area contributed by atoms with Gasteiger partial charge in [-0.3, -0.25) is 4.90 Å². The molecule has 0 amide bonds. The molecule has 4 nitrogen and oxygen atoms in total. The van der Waals surface area contributed by atoms with E-state index in [1.807, 2.05) is 12.3 Å². The summed E-state index contributed by atoms with van der Waals surface area (Å²) in [5.41, 5.74) is 7.20. The Morgan fingerprint density at radius 1 is 1.50 bits per heavy atom. The van der Waals surface area contributed by atoms with Gasteiger partial charge in [0.25, 0.3) is 0 Å². The Balaban J connectivity index is 1.94. The van der Waals surface area contributed by atoms with E-state index in [1.165, 1.54) is 5.56 Å². The molecule has 16 heavy (non-hydrogen) atoms. The van der Waals surface area contributed by atoms with E-state index in [-0.39, 0.29) is 0 Å². The van der Waals surface area contributed by atoms with E-state index in [0.29, 0.717) is 17.8 Å². The van der Waals surface area contributed by atoms with Crippen LogP contribution in [0.3, 0.4) is 0 Å². The first kappa shape index (κ1) is 11.4. The molecule has 1 aromatic heterocycles. The number of ether oxygens (including phenoxy) is 1. The van der Waals surface area contributed by atoms with Crippen LogP contribution in [0.25, 0.3) is 0 Å². The molecule has 0 spiro atoms. The van der Waals surface area contributed by atoms with Crippen LogP contribution < -0.4 is 10.5 Å². The fraction of sp³-hybridized carbons (Fsp3) is 0.583. The summed E-state index contributed by atoms with van der Waals surface area (Å²) in [6.07, 6.45) is 1.87. The standard InChI is InChI=1S/C12H19N3O/c1-9-6-15(8-11(9)13)7-10-3-4-12(16-2)14-5-10/h3-5,9,11H,6-8,13H2,1-2H3. The van der Waals surface area contributed by atoms with Crippen LogP contribution in [0, 0.1) is 5.92 Å². The van der Waals surface area contributed by atoms with Crippen molar-refractivity contribution in [2.45, 2.75) is 19.5 Å². The minimum absolute atomic E-state index is 0.311. The number of pyridine rings is 1. The second-order valence-electron chi connectivity index (χ2n) is 4.54. The van der Waals surface area contributed by atoms with E-state index < -0.39 is 0 Å². The van der Waals surface area contributed by atoms with Crippen molar-refractivity contribution in [1.82, 2.24) is 9.88 Å². The van der Waals surface area contributed by atoms with E-state index in [0.717, 1.165) is 19.6 Å². The van der Waals surface area contributed by atoms with Crippen LogP contribution in [-0.4, -0.2) is 36.1 Å². The van der Waals surface area contributed by atoms with Gasteiger partial charge in [0.05, 0.1) is 7.11 Å². The van der Waals surface area contributed by atoms with Crippen LogP contribution in [0.5, 0.6) is 5.88 Å². The number of hydrogen-bond acceptors (Lipinski definition) is 4. The van der Waals surface area contributed by atoms with E-state index >= 15 is 0 Å². The van der Waals surface area contributed by atoms with Crippen LogP contribution >= 0.6 is 0 Å². The average Bonchev–Trinajstić information content (AvgIpc) is 2.59. The van der Waals surface area contributed by atoms with Gasteiger partial charge in [-0.1, -0.05) is 13.0 Å². The zero-order chi connectivity index (χ0) is 11.5. The molecule has 0 aromatic carbocycles. The van der Waals surface area contributed by atoms with Gasteiger partial charge in [-0.2, -0.15) is 0 Å². The maximum absolute atomic E-state index is 5.99. The first-order chi connectivity index (χ1) is 7.69. The fourth-order valence-corrected chi connectivity index (χ4v) is 2.11. The monoisotopic (exact) mass is 221 g/mol. The van der Waals surface area contributed by atoms with Crippen molar-refractivity contribution in [3.8, 4) is 5.88 Å². The number of likely N-dealkylation sites (tertiary alicyclic amines) is 1. The zero-order valence-corrected chi connectivity index (χ0v) is 9.89. The molecule has 0 aliphatic carbocycles. The third kappa shape index (κ3) is 2.51. The normalized spacial score (nSPS) is 25.9. The molecule has 0 radical (unpaired) electrons. The summed E-state index contributed by atoms with van der Waals surface area (Å²) in [4.78, 5) is 6.57. The number of aromatic nitrogens is 1. The van der Waals surface area contributed by atoms with Gasteiger partial charge in [-0.25, -0.2) is 4.98 Å². The number of nitrogens with two attached hydrogens (primary N) is 1. The van der Waals surface area contributed by atoms with Gasteiger partial charge in [0, 0.05) is 37.9 Å². The number of methoxy groups -OCH3 is 1. The van der Waals surface area contributed by atoms with E-state index in [9.17, 15) is 0 Å². The van der Waals surface area contributed by atoms with Gasteiger partial charge in [0.1, 0.15) is 0 Å². The molecule has 2 atom stereocenters. The third-order valence-electron chi connectivity index (χ3n) is 3.16. The SMILES string of the molecule is COc1ccc(CN2CC(C)C(N)C2)cn1. The van der Waals surface area contributed by atoms with Crippen molar-refractivity contribution in [1.29, 1.82) is 0 Å². The second-order valence-corrected chi connectivity index (χ2v) is 4.54. The Bertz CT molecular complexity index is 329.